The van der Waals surface area contributed by atoms with E-state index >= 15 is 0 Å². The highest BCUT2D eigenvalue weighted by molar-refractivity contribution is 9.10. The molecule has 0 N–H and O–H groups in total. The Labute approximate surface area is 121 Å². The van der Waals surface area contributed by atoms with Crippen molar-refractivity contribution in [1.29, 1.82) is 0 Å². The number of hydrogen-bond donors (Lipinski definition) is 0. The summed E-state index contributed by atoms with van der Waals surface area (Å²) in [6.45, 7) is 1.24. The van der Waals surface area contributed by atoms with Gasteiger partial charge in [0.05, 0.1) is 0 Å². The fraction of sp³-hybridized carbons (Fsp3) is 0.286. The number of nitrogens with zero attached hydrogens (tertiary/aromatic N) is 3. The maximum atomic E-state index is 12.0. The molecule has 0 saturated heterocycles. The third-order valence-corrected chi connectivity index (χ3v) is 3.34. The smallest absolute Gasteiger partial charge is 0.224 e. The van der Waals surface area contributed by atoms with E-state index in [0.29, 0.717) is 19.5 Å². The normalized spacial score (nSPS) is 10.4. The van der Waals surface area contributed by atoms with E-state index in [1.54, 1.807) is 15.8 Å². The van der Waals surface area contributed by atoms with Crippen molar-refractivity contribution in [3.63, 3.8) is 0 Å². The standard InChI is InChI=1S/C14H16BrN3O/c1-17(11-12-4-2-5-13(15)10-12)14(19)6-9-18-8-3-7-16-18/h2-5,7-8,10H,6,9,11H2,1H3. The maximum Gasteiger partial charge on any atom is 0.224 e. The molecule has 0 saturated carbocycles. The van der Waals surface area contributed by atoms with Gasteiger partial charge in [-0.05, 0) is 23.8 Å². The summed E-state index contributed by atoms with van der Waals surface area (Å²) in [5.41, 5.74) is 1.12. The van der Waals surface area contributed by atoms with Gasteiger partial charge in [-0.15, -0.1) is 0 Å². The van der Waals surface area contributed by atoms with Gasteiger partial charge in [0.2, 0.25) is 5.91 Å². The average Bonchev–Trinajstić information content (AvgIpc) is 2.89. The van der Waals surface area contributed by atoms with Crippen LogP contribution in [-0.2, 0) is 17.9 Å². The summed E-state index contributed by atoms with van der Waals surface area (Å²) in [7, 11) is 1.83. The first-order valence-corrected chi connectivity index (χ1v) is 6.90. The Morgan fingerprint density at radius 2 is 2.26 bits per heavy atom. The van der Waals surface area contributed by atoms with Crippen molar-refractivity contribution in [3.8, 4) is 0 Å². The van der Waals surface area contributed by atoms with Crippen molar-refractivity contribution in [2.24, 2.45) is 0 Å². The zero-order chi connectivity index (χ0) is 13.7. The third-order valence-electron chi connectivity index (χ3n) is 2.85. The summed E-state index contributed by atoms with van der Waals surface area (Å²) in [5.74, 6) is 0.121. The van der Waals surface area contributed by atoms with Crippen LogP contribution in [0.4, 0.5) is 0 Å². The lowest BCUT2D eigenvalue weighted by Gasteiger charge is -2.17. The SMILES string of the molecule is CN(Cc1cccc(Br)c1)C(=O)CCn1cccn1. The van der Waals surface area contributed by atoms with Gasteiger partial charge >= 0.3 is 0 Å². The molecule has 0 atom stereocenters. The van der Waals surface area contributed by atoms with Crippen LogP contribution >= 0.6 is 15.9 Å². The van der Waals surface area contributed by atoms with E-state index in [1.807, 2.05) is 43.6 Å². The Bertz CT molecular complexity index is 539. The number of amides is 1. The Morgan fingerprint density at radius 1 is 1.42 bits per heavy atom. The molecule has 1 amide bonds. The minimum absolute atomic E-state index is 0.121. The molecule has 0 bridgehead atoms. The van der Waals surface area contributed by atoms with Crippen LogP contribution in [0.15, 0.2) is 47.2 Å². The first kappa shape index (κ1) is 13.8. The summed E-state index contributed by atoms with van der Waals surface area (Å²) in [5, 5.41) is 4.08. The predicted octanol–water partition coefficient (Wildman–Crippen LogP) is 2.69. The molecule has 2 rings (SSSR count). The molecule has 5 heteroatoms. The molecular formula is C14H16BrN3O. The summed E-state index contributed by atoms with van der Waals surface area (Å²) in [4.78, 5) is 13.7. The van der Waals surface area contributed by atoms with Crippen LogP contribution in [-0.4, -0.2) is 27.6 Å². The van der Waals surface area contributed by atoms with Crippen LogP contribution in [0.5, 0.6) is 0 Å². The highest BCUT2D eigenvalue weighted by Gasteiger charge is 2.09. The second kappa shape index (κ2) is 6.52. The van der Waals surface area contributed by atoms with Crippen LogP contribution in [0.2, 0.25) is 0 Å². The minimum Gasteiger partial charge on any atom is -0.341 e. The largest absolute Gasteiger partial charge is 0.341 e. The number of rotatable bonds is 5. The number of carbonyl (C=O) groups excluding carboxylic acids is 1. The van der Waals surface area contributed by atoms with Crippen molar-refractivity contribution in [2.45, 2.75) is 19.5 Å². The minimum atomic E-state index is 0.121. The molecule has 100 valence electrons. The summed E-state index contributed by atoms with van der Waals surface area (Å²) in [6.07, 6.45) is 4.05. The van der Waals surface area contributed by atoms with E-state index in [4.69, 9.17) is 0 Å². The van der Waals surface area contributed by atoms with Crippen molar-refractivity contribution in [1.82, 2.24) is 14.7 Å². The molecule has 1 aromatic heterocycles. The van der Waals surface area contributed by atoms with E-state index in [1.165, 1.54) is 0 Å². The lowest BCUT2D eigenvalue weighted by molar-refractivity contribution is -0.130. The zero-order valence-corrected chi connectivity index (χ0v) is 12.4. The molecule has 0 spiro atoms. The van der Waals surface area contributed by atoms with Crippen LogP contribution in [0, 0.1) is 0 Å². The highest BCUT2D eigenvalue weighted by Crippen LogP contribution is 2.13. The Hall–Kier alpha value is -1.62. The first-order valence-electron chi connectivity index (χ1n) is 6.11. The average molecular weight is 322 g/mol. The van der Waals surface area contributed by atoms with E-state index in [-0.39, 0.29) is 5.91 Å². The number of benzene rings is 1. The van der Waals surface area contributed by atoms with Crippen molar-refractivity contribution >= 4 is 21.8 Å². The number of carbonyl (C=O) groups is 1. The fourth-order valence-corrected chi connectivity index (χ4v) is 2.28. The van der Waals surface area contributed by atoms with E-state index in [9.17, 15) is 4.79 Å². The highest BCUT2D eigenvalue weighted by atomic mass is 79.9. The van der Waals surface area contributed by atoms with Crippen LogP contribution in [0.1, 0.15) is 12.0 Å². The molecule has 0 radical (unpaired) electrons. The molecule has 0 unspecified atom stereocenters. The van der Waals surface area contributed by atoms with Gasteiger partial charge in [-0.3, -0.25) is 9.48 Å². The van der Waals surface area contributed by atoms with Gasteiger partial charge in [0.15, 0.2) is 0 Å². The summed E-state index contributed by atoms with van der Waals surface area (Å²) < 4.78 is 2.80. The second-order valence-electron chi connectivity index (χ2n) is 4.40. The summed E-state index contributed by atoms with van der Waals surface area (Å²) in [6, 6.07) is 9.85. The third kappa shape index (κ3) is 4.21. The van der Waals surface area contributed by atoms with E-state index < -0.39 is 0 Å². The Kier molecular flexibility index (Phi) is 4.74. The number of aromatic nitrogens is 2. The van der Waals surface area contributed by atoms with Gasteiger partial charge in [-0.25, -0.2) is 0 Å². The predicted molar refractivity (Wildman–Crippen MR) is 77.5 cm³/mol. The number of hydrogen-bond acceptors (Lipinski definition) is 2. The number of halogens is 1. The number of aryl methyl sites for hydroxylation is 1. The van der Waals surface area contributed by atoms with Crippen LogP contribution in [0.3, 0.4) is 0 Å². The monoisotopic (exact) mass is 321 g/mol. The van der Waals surface area contributed by atoms with Crippen molar-refractivity contribution in [2.75, 3.05) is 7.05 Å². The molecule has 19 heavy (non-hydrogen) atoms. The molecule has 1 heterocycles. The van der Waals surface area contributed by atoms with Gasteiger partial charge in [-0.2, -0.15) is 5.10 Å². The molecular weight excluding hydrogens is 306 g/mol. The molecule has 0 aliphatic carbocycles. The summed E-state index contributed by atoms with van der Waals surface area (Å²) >= 11 is 3.43. The molecule has 2 aromatic rings. The van der Waals surface area contributed by atoms with Crippen LogP contribution in [0.25, 0.3) is 0 Å². The quantitative estimate of drug-likeness (QED) is 0.849. The van der Waals surface area contributed by atoms with Gasteiger partial charge in [0.25, 0.3) is 0 Å². The van der Waals surface area contributed by atoms with Gasteiger partial charge in [0, 0.05) is 43.4 Å². The topological polar surface area (TPSA) is 38.1 Å². The lowest BCUT2D eigenvalue weighted by atomic mass is 10.2. The second-order valence-corrected chi connectivity index (χ2v) is 5.31. The molecule has 0 aliphatic rings. The zero-order valence-electron chi connectivity index (χ0n) is 10.8. The van der Waals surface area contributed by atoms with Crippen molar-refractivity contribution < 1.29 is 4.79 Å². The van der Waals surface area contributed by atoms with E-state index in [2.05, 4.69) is 21.0 Å². The lowest BCUT2D eigenvalue weighted by Crippen LogP contribution is -2.27. The Balaban J connectivity index is 1.85. The van der Waals surface area contributed by atoms with Gasteiger partial charge in [-0.1, -0.05) is 28.1 Å². The van der Waals surface area contributed by atoms with Gasteiger partial charge < -0.3 is 4.90 Å². The first-order chi connectivity index (χ1) is 9.15. The molecule has 1 aromatic carbocycles. The van der Waals surface area contributed by atoms with Crippen molar-refractivity contribution in [3.05, 3.63) is 52.8 Å². The molecule has 0 fully saturated rings. The molecule has 4 nitrogen and oxygen atoms in total. The van der Waals surface area contributed by atoms with Crippen LogP contribution < -0.4 is 0 Å². The Morgan fingerprint density at radius 3 is 2.95 bits per heavy atom. The van der Waals surface area contributed by atoms with Gasteiger partial charge in [0.1, 0.15) is 0 Å². The van der Waals surface area contributed by atoms with E-state index in [0.717, 1.165) is 10.0 Å². The fourth-order valence-electron chi connectivity index (χ4n) is 1.83. The maximum absolute atomic E-state index is 12.0. The molecule has 0 aliphatic heterocycles.